The maximum Gasteiger partial charge on any atom is 0.274 e. The van der Waals surface area contributed by atoms with Crippen LogP contribution in [0, 0.1) is 6.92 Å². The molecule has 0 saturated carbocycles. The molecule has 1 aromatic heterocycles. The van der Waals surface area contributed by atoms with Gasteiger partial charge < -0.3 is 11.1 Å². The highest BCUT2D eigenvalue weighted by molar-refractivity contribution is 9.10. The first-order valence-electron chi connectivity index (χ1n) is 5.36. The number of pyridine rings is 1. The van der Waals surface area contributed by atoms with E-state index in [1.54, 1.807) is 18.2 Å². The Balaban J connectivity index is 2.18. The van der Waals surface area contributed by atoms with E-state index < -0.39 is 0 Å². The van der Waals surface area contributed by atoms with Crippen molar-refractivity contribution >= 4 is 33.3 Å². The Morgan fingerprint density at radius 2 is 2.11 bits per heavy atom. The highest BCUT2D eigenvalue weighted by Crippen LogP contribution is 2.20. The minimum absolute atomic E-state index is 0.280. The van der Waals surface area contributed by atoms with Gasteiger partial charge in [-0.3, -0.25) is 4.79 Å². The summed E-state index contributed by atoms with van der Waals surface area (Å²) in [6, 6.07) is 10.6. The van der Waals surface area contributed by atoms with Gasteiger partial charge in [0, 0.05) is 10.2 Å². The standard InChI is InChI=1S/C13H12BrN3O/c1-8-5-6-9(7-10(8)14)16-13(18)11-3-2-4-12(15)17-11/h2-7H,1H3,(H2,15,17)(H,16,18). The van der Waals surface area contributed by atoms with Crippen molar-refractivity contribution in [2.24, 2.45) is 0 Å². The van der Waals surface area contributed by atoms with Crippen molar-refractivity contribution in [1.29, 1.82) is 0 Å². The van der Waals surface area contributed by atoms with Crippen molar-refractivity contribution in [2.45, 2.75) is 6.92 Å². The molecule has 2 rings (SSSR count). The lowest BCUT2D eigenvalue weighted by atomic mass is 10.2. The van der Waals surface area contributed by atoms with Crippen molar-refractivity contribution in [3.63, 3.8) is 0 Å². The third-order valence-corrected chi connectivity index (χ3v) is 3.29. The van der Waals surface area contributed by atoms with Crippen LogP contribution in [0.3, 0.4) is 0 Å². The fourth-order valence-corrected chi connectivity index (χ4v) is 1.82. The molecule has 0 aliphatic heterocycles. The number of carbonyl (C=O) groups is 1. The maximum atomic E-state index is 11.9. The molecule has 18 heavy (non-hydrogen) atoms. The zero-order valence-corrected chi connectivity index (χ0v) is 11.4. The Bertz CT molecular complexity index is 599. The lowest BCUT2D eigenvalue weighted by molar-refractivity contribution is 0.102. The molecule has 4 nitrogen and oxygen atoms in total. The fourth-order valence-electron chi connectivity index (χ4n) is 1.44. The summed E-state index contributed by atoms with van der Waals surface area (Å²) in [6.45, 7) is 1.98. The summed E-state index contributed by atoms with van der Waals surface area (Å²) in [4.78, 5) is 15.9. The van der Waals surface area contributed by atoms with Gasteiger partial charge in [0.25, 0.3) is 5.91 Å². The molecule has 1 aromatic carbocycles. The molecule has 5 heteroatoms. The molecule has 3 N–H and O–H groups in total. The van der Waals surface area contributed by atoms with Crippen molar-refractivity contribution < 1.29 is 4.79 Å². The van der Waals surface area contributed by atoms with E-state index in [9.17, 15) is 4.79 Å². The number of carbonyl (C=O) groups excluding carboxylic acids is 1. The normalized spacial score (nSPS) is 10.1. The van der Waals surface area contributed by atoms with E-state index in [2.05, 4.69) is 26.2 Å². The molecule has 0 radical (unpaired) electrons. The van der Waals surface area contributed by atoms with E-state index in [4.69, 9.17) is 5.73 Å². The highest BCUT2D eigenvalue weighted by Gasteiger charge is 2.08. The van der Waals surface area contributed by atoms with E-state index in [0.29, 0.717) is 17.2 Å². The van der Waals surface area contributed by atoms with Crippen LogP contribution in [0.2, 0.25) is 0 Å². The van der Waals surface area contributed by atoms with Gasteiger partial charge in [-0.2, -0.15) is 0 Å². The predicted octanol–water partition coefficient (Wildman–Crippen LogP) is 2.99. The number of nitrogen functional groups attached to an aromatic ring is 1. The SMILES string of the molecule is Cc1ccc(NC(=O)c2cccc(N)n2)cc1Br. The molecule has 0 saturated heterocycles. The summed E-state index contributed by atoms with van der Waals surface area (Å²) in [5.41, 5.74) is 7.65. The zero-order chi connectivity index (χ0) is 13.1. The third-order valence-electron chi connectivity index (χ3n) is 2.43. The molecule has 0 spiro atoms. The highest BCUT2D eigenvalue weighted by atomic mass is 79.9. The van der Waals surface area contributed by atoms with Crippen LogP contribution in [0.1, 0.15) is 16.1 Å². The molecule has 0 fully saturated rings. The Labute approximate surface area is 113 Å². The van der Waals surface area contributed by atoms with E-state index in [1.165, 1.54) is 0 Å². The van der Waals surface area contributed by atoms with Crippen molar-refractivity contribution in [3.8, 4) is 0 Å². The van der Waals surface area contributed by atoms with Crippen LogP contribution in [-0.2, 0) is 0 Å². The molecule has 0 bridgehead atoms. The summed E-state index contributed by atoms with van der Waals surface area (Å²) < 4.78 is 0.945. The number of anilines is 2. The molecule has 92 valence electrons. The molecule has 2 aromatic rings. The monoisotopic (exact) mass is 305 g/mol. The van der Waals surface area contributed by atoms with Gasteiger partial charge in [-0.05, 0) is 36.8 Å². The Morgan fingerprint density at radius 1 is 1.33 bits per heavy atom. The summed E-state index contributed by atoms with van der Waals surface area (Å²) >= 11 is 3.42. The number of aryl methyl sites for hydroxylation is 1. The summed E-state index contributed by atoms with van der Waals surface area (Å²) in [5, 5.41) is 2.77. The number of nitrogens with two attached hydrogens (primary N) is 1. The first-order valence-corrected chi connectivity index (χ1v) is 6.15. The van der Waals surface area contributed by atoms with Gasteiger partial charge in [0.15, 0.2) is 0 Å². The second kappa shape index (κ2) is 5.18. The third kappa shape index (κ3) is 2.87. The van der Waals surface area contributed by atoms with E-state index >= 15 is 0 Å². The number of aromatic nitrogens is 1. The van der Waals surface area contributed by atoms with Gasteiger partial charge in [-0.1, -0.05) is 28.1 Å². The quantitative estimate of drug-likeness (QED) is 0.896. The average molecular weight is 306 g/mol. The summed E-state index contributed by atoms with van der Waals surface area (Å²) in [5.74, 6) is 0.0470. The van der Waals surface area contributed by atoms with Crippen LogP contribution < -0.4 is 11.1 Å². The molecule has 1 amide bonds. The number of halogens is 1. The molecular weight excluding hydrogens is 294 g/mol. The van der Waals surface area contributed by atoms with Crippen LogP contribution in [0.15, 0.2) is 40.9 Å². The van der Waals surface area contributed by atoms with Gasteiger partial charge in [0.2, 0.25) is 0 Å². The number of amides is 1. The lowest BCUT2D eigenvalue weighted by Crippen LogP contribution is -2.14. The Hall–Kier alpha value is -1.88. The summed E-state index contributed by atoms with van der Waals surface area (Å²) in [6.07, 6.45) is 0. The smallest absolute Gasteiger partial charge is 0.274 e. The van der Waals surface area contributed by atoms with Crippen molar-refractivity contribution in [1.82, 2.24) is 4.98 Å². The van der Waals surface area contributed by atoms with E-state index in [-0.39, 0.29) is 5.91 Å². The van der Waals surface area contributed by atoms with Crippen LogP contribution in [0.5, 0.6) is 0 Å². The van der Waals surface area contributed by atoms with E-state index in [1.807, 2.05) is 25.1 Å². The van der Waals surface area contributed by atoms with Crippen molar-refractivity contribution in [2.75, 3.05) is 11.1 Å². The van der Waals surface area contributed by atoms with Crippen LogP contribution >= 0.6 is 15.9 Å². The Kier molecular flexibility index (Phi) is 3.62. The van der Waals surface area contributed by atoms with Gasteiger partial charge in [-0.15, -0.1) is 0 Å². The zero-order valence-electron chi connectivity index (χ0n) is 9.77. The van der Waals surface area contributed by atoms with Crippen molar-refractivity contribution in [3.05, 3.63) is 52.1 Å². The largest absolute Gasteiger partial charge is 0.384 e. The van der Waals surface area contributed by atoms with Gasteiger partial charge in [0.1, 0.15) is 11.5 Å². The number of nitrogens with one attached hydrogen (secondary N) is 1. The minimum atomic E-state index is -0.280. The molecular formula is C13H12BrN3O. The predicted molar refractivity (Wildman–Crippen MR) is 75.5 cm³/mol. The number of benzene rings is 1. The lowest BCUT2D eigenvalue weighted by Gasteiger charge is -2.06. The average Bonchev–Trinajstić information content (AvgIpc) is 2.34. The van der Waals surface area contributed by atoms with Crippen LogP contribution in [0.4, 0.5) is 11.5 Å². The van der Waals surface area contributed by atoms with Gasteiger partial charge in [-0.25, -0.2) is 4.98 Å². The van der Waals surface area contributed by atoms with E-state index in [0.717, 1.165) is 10.0 Å². The molecule has 0 atom stereocenters. The summed E-state index contributed by atoms with van der Waals surface area (Å²) in [7, 11) is 0. The second-order valence-corrected chi connectivity index (χ2v) is 4.72. The topological polar surface area (TPSA) is 68.0 Å². The minimum Gasteiger partial charge on any atom is -0.384 e. The van der Waals surface area contributed by atoms with Crippen LogP contribution in [-0.4, -0.2) is 10.9 Å². The first kappa shape index (κ1) is 12.6. The Morgan fingerprint density at radius 3 is 2.78 bits per heavy atom. The molecule has 0 aliphatic carbocycles. The number of nitrogens with zero attached hydrogens (tertiary/aromatic N) is 1. The number of hydrogen-bond acceptors (Lipinski definition) is 3. The maximum absolute atomic E-state index is 11.9. The first-order chi connectivity index (χ1) is 8.56. The number of hydrogen-bond donors (Lipinski definition) is 2. The second-order valence-electron chi connectivity index (χ2n) is 3.87. The van der Waals surface area contributed by atoms with Gasteiger partial charge in [0.05, 0.1) is 0 Å². The molecule has 0 unspecified atom stereocenters. The molecule has 1 heterocycles. The molecule has 0 aliphatic rings. The van der Waals surface area contributed by atoms with Gasteiger partial charge >= 0.3 is 0 Å². The fraction of sp³-hybridized carbons (Fsp3) is 0.0769. The van der Waals surface area contributed by atoms with Crippen LogP contribution in [0.25, 0.3) is 0 Å². The number of rotatable bonds is 2.